The topological polar surface area (TPSA) is 24.9 Å². The van der Waals surface area contributed by atoms with Crippen molar-refractivity contribution >= 4 is 10.9 Å². The van der Waals surface area contributed by atoms with Gasteiger partial charge in [0.25, 0.3) is 0 Å². The van der Waals surface area contributed by atoms with Gasteiger partial charge in [0.2, 0.25) is 0 Å². The van der Waals surface area contributed by atoms with Gasteiger partial charge in [0, 0.05) is 23.0 Å². The molecule has 1 heterocycles. The summed E-state index contributed by atoms with van der Waals surface area (Å²) in [4.78, 5) is 4.75. The Labute approximate surface area is 103 Å². The number of nitrogens with zero attached hydrogens (tertiary/aromatic N) is 1. The number of para-hydroxylation sites is 1. The van der Waals surface area contributed by atoms with E-state index in [2.05, 4.69) is 49.5 Å². The molecule has 2 aromatic rings. The zero-order valence-corrected chi connectivity index (χ0v) is 10.8. The molecule has 2 atom stereocenters. The van der Waals surface area contributed by atoms with Crippen LogP contribution >= 0.6 is 0 Å². The molecule has 0 aliphatic heterocycles. The Morgan fingerprint density at radius 2 is 1.94 bits per heavy atom. The highest BCUT2D eigenvalue weighted by molar-refractivity contribution is 5.78. The number of hydrogen-bond donors (Lipinski definition) is 1. The van der Waals surface area contributed by atoms with Crippen molar-refractivity contribution in [2.75, 3.05) is 7.05 Å². The third kappa shape index (κ3) is 2.47. The number of rotatable bonds is 4. The molecule has 1 aromatic carbocycles. The first-order chi connectivity index (χ1) is 8.26. The lowest BCUT2D eigenvalue weighted by Gasteiger charge is -2.21. The lowest BCUT2D eigenvalue weighted by atomic mass is 9.95. The summed E-state index contributed by atoms with van der Waals surface area (Å²) in [6.07, 6.45) is 1.12. The molecule has 0 fully saturated rings. The molecule has 1 N–H and O–H groups in total. The van der Waals surface area contributed by atoms with E-state index in [1.807, 2.05) is 13.1 Å². The second kappa shape index (κ2) is 5.28. The molecule has 0 saturated carbocycles. The molecule has 2 unspecified atom stereocenters. The van der Waals surface area contributed by atoms with Gasteiger partial charge >= 0.3 is 0 Å². The zero-order valence-electron chi connectivity index (χ0n) is 10.8. The summed E-state index contributed by atoms with van der Waals surface area (Å²) in [6.45, 7) is 4.44. The maximum atomic E-state index is 4.75. The average molecular weight is 228 g/mol. The van der Waals surface area contributed by atoms with Crippen LogP contribution in [-0.2, 0) is 0 Å². The Bertz CT molecular complexity index is 489. The minimum Gasteiger partial charge on any atom is -0.316 e. The third-order valence-corrected chi connectivity index (χ3v) is 3.50. The van der Waals surface area contributed by atoms with Gasteiger partial charge in [-0.15, -0.1) is 0 Å². The summed E-state index contributed by atoms with van der Waals surface area (Å²) >= 11 is 0. The van der Waals surface area contributed by atoms with Crippen molar-refractivity contribution in [3.63, 3.8) is 0 Å². The van der Waals surface area contributed by atoms with Crippen LogP contribution < -0.4 is 5.32 Å². The molecule has 0 spiro atoms. The van der Waals surface area contributed by atoms with Crippen molar-refractivity contribution < 1.29 is 0 Å². The van der Waals surface area contributed by atoms with Crippen LogP contribution in [0.2, 0.25) is 0 Å². The molecule has 0 amide bonds. The lowest BCUT2D eigenvalue weighted by molar-refractivity contribution is 0.466. The summed E-state index contributed by atoms with van der Waals surface area (Å²) in [5.41, 5.74) is 2.26. The predicted octanol–water partition coefficient (Wildman–Crippen LogP) is 3.34. The number of likely N-dealkylation sites (N-methyl/N-ethyl adjacent to an activating group) is 1. The predicted molar refractivity (Wildman–Crippen MR) is 73.3 cm³/mol. The molecule has 17 heavy (non-hydrogen) atoms. The van der Waals surface area contributed by atoms with E-state index in [9.17, 15) is 0 Å². The second-order valence-corrected chi connectivity index (χ2v) is 4.52. The van der Waals surface area contributed by atoms with Crippen LogP contribution in [0.15, 0.2) is 36.4 Å². The highest BCUT2D eigenvalue weighted by atomic mass is 14.9. The van der Waals surface area contributed by atoms with Crippen LogP contribution in [0.5, 0.6) is 0 Å². The summed E-state index contributed by atoms with van der Waals surface area (Å²) in [5, 5.41) is 4.57. The Hall–Kier alpha value is -1.41. The smallest absolute Gasteiger partial charge is 0.0705 e. The molecular formula is C15H20N2. The first-order valence-corrected chi connectivity index (χ1v) is 6.29. The number of pyridine rings is 1. The molecule has 0 radical (unpaired) electrons. The summed E-state index contributed by atoms with van der Waals surface area (Å²) in [7, 11) is 2.02. The van der Waals surface area contributed by atoms with Gasteiger partial charge in [0.15, 0.2) is 0 Å². The van der Waals surface area contributed by atoms with Crippen molar-refractivity contribution in [3.8, 4) is 0 Å². The van der Waals surface area contributed by atoms with E-state index in [1.165, 1.54) is 11.1 Å². The van der Waals surface area contributed by atoms with Gasteiger partial charge in [-0.05, 0) is 25.6 Å². The SMILES string of the molecule is CCC(NC)C(C)c1ccc2ccccc2n1. The molecule has 0 aliphatic rings. The maximum absolute atomic E-state index is 4.75. The first-order valence-electron chi connectivity index (χ1n) is 6.29. The summed E-state index contributed by atoms with van der Waals surface area (Å²) in [6, 6.07) is 13.1. The molecular weight excluding hydrogens is 208 g/mol. The van der Waals surface area contributed by atoms with E-state index in [1.54, 1.807) is 0 Å². The van der Waals surface area contributed by atoms with E-state index >= 15 is 0 Å². The number of fused-ring (bicyclic) bond motifs is 1. The molecule has 90 valence electrons. The van der Waals surface area contributed by atoms with Crippen molar-refractivity contribution in [1.29, 1.82) is 0 Å². The van der Waals surface area contributed by atoms with Crippen LogP contribution in [0.4, 0.5) is 0 Å². The molecule has 0 saturated heterocycles. The Morgan fingerprint density at radius 1 is 1.18 bits per heavy atom. The molecule has 0 aliphatic carbocycles. The van der Waals surface area contributed by atoms with Crippen molar-refractivity contribution in [2.45, 2.75) is 32.2 Å². The first kappa shape index (κ1) is 12.1. The molecule has 1 aromatic heterocycles. The quantitative estimate of drug-likeness (QED) is 0.868. The fourth-order valence-electron chi connectivity index (χ4n) is 2.35. The molecule has 2 nitrogen and oxygen atoms in total. The second-order valence-electron chi connectivity index (χ2n) is 4.52. The molecule has 2 rings (SSSR count). The van der Waals surface area contributed by atoms with Crippen LogP contribution in [0.1, 0.15) is 31.9 Å². The number of benzene rings is 1. The van der Waals surface area contributed by atoms with Crippen LogP contribution in [0, 0.1) is 0 Å². The van der Waals surface area contributed by atoms with Crippen molar-refractivity contribution in [2.24, 2.45) is 0 Å². The highest BCUT2D eigenvalue weighted by Gasteiger charge is 2.16. The van der Waals surface area contributed by atoms with Gasteiger partial charge in [-0.3, -0.25) is 4.98 Å². The van der Waals surface area contributed by atoms with Gasteiger partial charge in [-0.2, -0.15) is 0 Å². The van der Waals surface area contributed by atoms with Crippen molar-refractivity contribution in [1.82, 2.24) is 10.3 Å². The van der Waals surface area contributed by atoms with Crippen LogP contribution in [0.3, 0.4) is 0 Å². The zero-order chi connectivity index (χ0) is 12.3. The lowest BCUT2D eigenvalue weighted by Crippen LogP contribution is -2.30. The van der Waals surface area contributed by atoms with Crippen LogP contribution in [0.25, 0.3) is 10.9 Å². The van der Waals surface area contributed by atoms with E-state index in [0.29, 0.717) is 12.0 Å². The Balaban J connectivity index is 2.35. The Kier molecular flexibility index (Phi) is 3.75. The van der Waals surface area contributed by atoms with E-state index < -0.39 is 0 Å². The number of hydrogen-bond acceptors (Lipinski definition) is 2. The maximum Gasteiger partial charge on any atom is 0.0705 e. The number of aromatic nitrogens is 1. The standard InChI is InChI=1S/C15H20N2/c1-4-13(16-3)11(2)14-10-9-12-7-5-6-8-15(12)17-14/h5-11,13,16H,4H2,1-3H3. The largest absolute Gasteiger partial charge is 0.316 e. The normalized spacial score (nSPS) is 14.8. The molecule has 0 bridgehead atoms. The minimum absolute atomic E-state index is 0.439. The fourth-order valence-corrected chi connectivity index (χ4v) is 2.35. The van der Waals surface area contributed by atoms with Gasteiger partial charge in [0.1, 0.15) is 0 Å². The number of nitrogens with one attached hydrogen (secondary N) is 1. The van der Waals surface area contributed by atoms with Gasteiger partial charge < -0.3 is 5.32 Å². The monoisotopic (exact) mass is 228 g/mol. The third-order valence-electron chi connectivity index (χ3n) is 3.50. The van der Waals surface area contributed by atoms with Gasteiger partial charge in [-0.25, -0.2) is 0 Å². The average Bonchev–Trinajstić information content (AvgIpc) is 2.39. The van der Waals surface area contributed by atoms with Crippen molar-refractivity contribution in [3.05, 3.63) is 42.1 Å². The van der Waals surface area contributed by atoms with E-state index in [-0.39, 0.29) is 0 Å². The highest BCUT2D eigenvalue weighted by Crippen LogP contribution is 2.21. The molecule has 2 heteroatoms. The summed E-state index contributed by atoms with van der Waals surface area (Å²) < 4.78 is 0. The van der Waals surface area contributed by atoms with E-state index in [4.69, 9.17) is 4.98 Å². The fraction of sp³-hybridized carbons (Fsp3) is 0.400. The van der Waals surface area contributed by atoms with Crippen LogP contribution in [-0.4, -0.2) is 18.1 Å². The summed E-state index contributed by atoms with van der Waals surface area (Å²) in [5.74, 6) is 0.439. The minimum atomic E-state index is 0.439. The van der Waals surface area contributed by atoms with Gasteiger partial charge in [0.05, 0.1) is 5.52 Å². The van der Waals surface area contributed by atoms with Gasteiger partial charge in [-0.1, -0.05) is 38.1 Å². The van der Waals surface area contributed by atoms with E-state index in [0.717, 1.165) is 11.9 Å². The Morgan fingerprint density at radius 3 is 2.65 bits per heavy atom.